The van der Waals surface area contributed by atoms with Crippen molar-refractivity contribution in [1.29, 1.82) is 0 Å². The topological polar surface area (TPSA) is 110 Å². The summed E-state index contributed by atoms with van der Waals surface area (Å²) in [5.74, 6) is 0.481. The molecule has 0 bridgehead atoms. The Kier molecular flexibility index (Phi) is 6.05. The van der Waals surface area contributed by atoms with Crippen LogP contribution in [-0.4, -0.2) is 41.0 Å². The van der Waals surface area contributed by atoms with Gasteiger partial charge in [-0.3, -0.25) is 13.5 Å². The van der Waals surface area contributed by atoms with Crippen molar-refractivity contribution in [1.82, 2.24) is 24.9 Å². The van der Waals surface area contributed by atoms with E-state index in [1.54, 1.807) is 34.7 Å². The molecule has 33 heavy (non-hydrogen) atoms. The van der Waals surface area contributed by atoms with E-state index < -0.39 is 15.9 Å². The SMILES string of the molecule is Cc1cc(C)n2c(CNC(=O)c3ccc(Cl)c(S(=O)(=O)N(C)c4ccccc4)c3)nnc2n1. The molecule has 0 aliphatic rings. The fraction of sp³-hybridized carbons (Fsp3) is 0.182. The number of nitrogens with one attached hydrogen (secondary N) is 1. The quantitative estimate of drug-likeness (QED) is 0.450. The first-order chi connectivity index (χ1) is 15.7. The van der Waals surface area contributed by atoms with Crippen LogP contribution in [-0.2, 0) is 16.6 Å². The van der Waals surface area contributed by atoms with Gasteiger partial charge in [-0.15, -0.1) is 10.2 Å². The second kappa shape index (κ2) is 8.80. The van der Waals surface area contributed by atoms with Crippen molar-refractivity contribution in [3.63, 3.8) is 0 Å². The largest absolute Gasteiger partial charge is 0.345 e. The first-order valence-electron chi connectivity index (χ1n) is 9.98. The third-order valence-electron chi connectivity index (χ3n) is 5.12. The molecule has 0 aliphatic carbocycles. The molecule has 0 radical (unpaired) electrons. The van der Waals surface area contributed by atoms with E-state index in [0.29, 0.717) is 17.3 Å². The molecular formula is C22H21ClN6O3S. The maximum absolute atomic E-state index is 13.2. The van der Waals surface area contributed by atoms with Crippen LogP contribution in [0.4, 0.5) is 5.69 Å². The van der Waals surface area contributed by atoms with E-state index in [9.17, 15) is 13.2 Å². The minimum atomic E-state index is -3.99. The molecular weight excluding hydrogens is 464 g/mol. The standard InChI is InChI=1S/C22H21ClN6O3S/c1-14-11-15(2)29-20(26-27-22(29)25-14)13-24-21(30)16-9-10-18(23)19(12-16)33(31,32)28(3)17-7-5-4-6-8-17/h4-12H,13H2,1-3H3,(H,24,30). The van der Waals surface area contributed by atoms with Gasteiger partial charge in [-0.05, 0) is 50.2 Å². The number of hydrogen-bond acceptors (Lipinski definition) is 6. The number of anilines is 1. The van der Waals surface area contributed by atoms with Crippen LogP contribution in [0, 0.1) is 13.8 Å². The Morgan fingerprint density at radius 1 is 1.09 bits per heavy atom. The molecule has 0 spiro atoms. The molecule has 1 N–H and O–H groups in total. The predicted molar refractivity (Wildman–Crippen MR) is 125 cm³/mol. The number of hydrogen-bond donors (Lipinski definition) is 1. The zero-order chi connectivity index (χ0) is 23.8. The lowest BCUT2D eigenvalue weighted by Gasteiger charge is -2.20. The van der Waals surface area contributed by atoms with Gasteiger partial charge in [0, 0.05) is 24.0 Å². The average molecular weight is 485 g/mol. The summed E-state index contributed by atoms with van der Waals surface area (Å²) < 4.78 is 29.2. The molecule has 2 heterocycles. The lowest BCUT2D eigenvalue weighted by atomic mass is 10.2. The number of aromatic nitrogens is 4. The number of sulfonamides is 1. The van der Waals surface area contributed by atoms with Gasteiger partial charge in [0.25, 0.3) is 21.7 Å². The Balaban J connectivity index is 1.58. The smallest absolute Gasteiger partial charge is 0.265 e. The molecule has 4 rings (SSSR count). The highest BCUT2D eigenvalue weighted by Crippen LogP contribution is 2.28. The minimum Gasteiger partial charge on any atom is -0.345 e. The number of carbonyl (C=O) groups excluding carboxylic acids is 1. The Bertz CT molecular complexity index is 1450. The highest BCUT2D eigenvalue weighted by Gasteiger charge is 2.25. The third kappa shape index (κ3) is 4.39. The van der Waals surface area contributed by atoms with Crippen LogP contribution >= 0.6 is 11.6 Å². The first kappa shape index (κ1) is 22.7. The van der Waals surface area contributed by atoms with Crippen LogP contribution in [0.2, 0.25) is 5.02 Å². The van der Waals surface area contributed by atoms with Crippen molar-refractivity contribution in [2.45, 2.75) is 25.3 Å². The predicted octanol–water partition coefficient (Wildman–Crippen LogP) is 3.15. The molecule has 9 nitrogen and oxygen atoms in total. The van der Waals surface area contributed by atoms with Crippen molar-refractivity contribution in [2.75, 3.05) is 11.4 Å². The van der Waals surface area contributed by atoms with Crippen LogP contribution in [0.1, 0.15) is 27.6 Å². The molecule has 0 saturated heterocycles. The fourth-order valence-electron chi connectivity index (χ4n) is 3.44. The van der Waals surface area contributed by atoms with Gasteiger partial charge in [0.2, 0.25) is 0 Å². The third-order valence-corrected chi connectivity index (χ3v) is 7.39. The molecule has 0 fully saturated rings. The molecule has 1 amide bonds. The zero-order valence-electron chi connectivity index (χ0n) is 18.2. The summed E-state index contributed by atoms with van der Waals surface area (Å²) >= 11 is 6.20. The Hall–Kier alpha value is -3.50. The van der Waals surface area contributed by atoms with Gasteiger partial charge in [0.05, 0.1) is 17.3 Å². The van der Waals surface area contributed by atoms with Crippen LogP contribution in [0.3, 0.4) is 0 Å². The van der Waals surface area contributed by atoms with E-state index in [1.807, 2.05) is 19.9 Å². The van der Waals surface area contributed by atoms with Crippen molar-refractivity contribution in [2.24, 2.45) is 0 Å². The number of nitrogens with zero attached hydrogens (tertiary/aromatic N) is 5. The summed E-state index contributed by atoms with van der Waals surface area (Å²) in [7, 11) is -2.56. The second-order valence-electron chi connectivity index (χ2n) is 7.43. The number of rotatable bonds is 6. The number of aryl methyl sites for hydroxylation is 2. The van der Waals surface area contributed by atoms with Gasteiger partial charge in [-0.2, -0.15) is 0 Å². The minimum absolute atomic E-state index is 0.0230. The van der Waals surface area contributed by atoms with Crippen molar-refractivity contribution >= 4 is 39.0 Å². The Labute approximate surface area is 196 Å². The summed E-state index contributed by atoms with van der Waals surface area (Å²) in [6, 6.07) is 14.6. The van der Waals surface area contributed by atoms with Crippen LogP contribution < -0.4 is 9.62 Å². The van der Waals surface area contributed by atoms with Gasteiger partial charge < -0.3 is 5.32 Å². The van der Waals surface area contributed by atoms with Crippen LogP contribution in [0.15, 0.2) is 59.5 Å². The summed E-state index contributed by atoms with van der Waals surface area (Å²) in [4.78, 5) is 17.0. The normalized spacial score (nSPS) is 11.5. The van der Waals surface area contributed by atoms with E-state index in [-0.39, 0.29) is 22.0 Å². The number of carbonyl (C=O) groups is 1. The highest BCUT2D eigenvalue weighted by molar-refractivity contribution is 7.93. The van der Waals surface area contributed by atoms with Gasteiger partial charge in [0.1, 0.15) is 4.90 Å². The van der Waals surface area contributed by atoms with E-state index in [4.69, 9.17) is 11.6 Å². The number of amides is 1. The summed E-state index contributed by atoms with van der Waals surface area (Å²) in [6.07, 6.45) is 0. The Morgan fingerprint density at radius 2 is 1.82 bits per heavy atom. The maximum Gasteiger partial charge on any atom is 0.265 e. The van der Waals surface area contributed by atoms with E-state index in [1.165, 1.54) is 25.2 Å². The van der Waals surface area contributed by atoms with E-state index in [2.05, 4.69) is 20.5 Å². The van der Waals surface area contributed by atoms with Crippen molar-refractivity contribution in [3.8, 4) is 0 Å². The van der Waals surface area contributed by atoms with Gasteiger partial charge >= 0.3 is 0 Å². The van der Waals surface area contributed by atoms with Gasteiger partial charge in [-0.1, -0.05) is 29.8 Å². The van der Waals surface area contributed by atoms with Gasteiger partial charge in [-0.25, -0.2) is 13.4 Å². The molecule has 2 aromatic carbocycles. The van der Waals surface area contributed by atoms with Crippen LogP contribution in [0.25, 0.3) is 5.78 Å². The molecule has 11 heteroatoms. The maximum atomic E-state index is 13.2. The fourth-order valence-corrected chi connectivity index (χ4v) is 5.13. The number of para-hydroxylation sites is 1. The molecule has 0 unspecified atom stereocenters. The molecule has 0 aliphatic heterocycles. The van der Waals surface area contributed by atoms with E-state index >= 15 is 0 Å². The second-order valence-corrected chi connectivity index (χ2v) is 9.77. The van der Waals surface area contributed by atoms with Crippen LogP contribution in [0.5, 0.6) is 0 Å². The zero-order valence-corrected chi connectivity index (χ0v) is 19.7. The van der Waals surface area contributed by atoms with E-state index in [0.717, 1.165) is 15.7 Å². The molecule has 170 valence electrons. The monoisotopic (exact) mass is 484 g/mol. The lowest BCUT2D eigenvalue weighted by molar-refractivity contribution is 0.0949. The Morgan fingerprint density at radius 3 is 2.55 bits per heavy atom. The summed E-state index contributed by atoms with van der Waals surface area (Å²) in [5.41, 5.74) is 2.33. The highest BCUT2D eigenvalue weighted by atomic mass is 35.5. The summed E-state index contributed by atoms with van der Waals surface area (Å²) in [5, 5.41) is 10.9. The number of benzene rings is 2. The number of halogens is 1. The molecule has 0 saturated carbocycles. The van der Waals surface area contributed by atoms with Crippen molar-refractivity contribution in [3.05, 3.63) is 82.4 Å². The van der Waals surface area contributed by atoms with Crippen molar-refractivity contribution < 1.29 is 13.2 Å². The number of fused-ring (bicyclic) bond motifs is 1. The molecule has 4 aromatic rings. The lowest BCUT2D eigenvalue weighted by Crippen LogP contribution is -2.28. The van der Waals surface area contributed by atoms with Gasteiger partial charge in [0.15, 0.2) is 5.82 Å². The average Bonchev–Trinajstić information content (AvgIpc) is 3.20. The first-order valence-corrected chi connectivity index (χ1v) is 11.8. The molecule has 2 aromatic heterocycles. The summed E-state index contributed by atoms with van der Waals surface area (Å²) in [6.45, 7) is 3.85. The molecule has 0 atom stereocenters.